The van der Waals surface area contributed by atoms with Gasteiger partial charge in [-0.25, -0.2) is 0 Å². The Balaban J connectivity index is 2.03. The fourth-order valence-corrected chi connectivity index (χ4v) is 4.41. The fourth-order valence-electron chi connectivity index (χ4n) is 4.41. The zero-order valence-corrected chi connectivity index (χ0v) is 17.3. The monoisotopic (exact) mass is 366 g/mol. The second-order valence-corrected chi connectivity index (χ2v) is 7.90. The van der Waals surface area contributed by atoms with Crippen molar-refractivity contribution in [1.29, 1.82) is 0 Å². The fraction of sp³-hybridized carbons (Fsp3) is 0.231. The van der Waals surface area contributed by atoms with Gasteiger partial charge in [0.25, 0.3) is 0 Å². The topological polar surface area (TPSA) is 9.23 Å². The van der Waals surface area contributed by atoms with Crippen molar-refractivity contribution in [2.24, 2.45) is 0 Å². The summed E-state index contributed by atoms with van der Waals surface area (Å²) in [4.78, 5) is 0. The Morgan fingerprint density at radius 1 is 0.857 bits per heavy atom. The van der Waals surface area contributed by atoms with Crippen molar-refractivity contribution in [1.82, 2.24) is 0 Å². The Morgan fingerprint density at radius 2 is 1.36 bits per heavy atom. The molecule has 0 N–H and O–H groups in total. The molecule has 0 saturated heterocycles. The van der Waals surface area contributed by atoms with Crippen LogP contribution in [-0.4, -0.2) is 15.0 Å². The van der Waals surface area contributed by atoms with Gasteiger partial charge in [-0.15, -0.1) is 0 Å². The molecule has 0 saturated carbocycles. The Kier molecular flexibility index (Phi) is 4.99. The molecule has 2 heteroatoms. The largest absolute Gasteiger partial charge is 0.379 e. The van der Waals surface area contributed by atoms with Crippen LogP contribution in [-0.2, 0) is 10.2 Å². The average Bonchev–Trinajstić information content (AvgIpc) is 2.73. The van der Waals surface area contributed by atoms with E-state index in [9.17, 15) is 0 Å². The zero-order chi connectivity index (χ0) is 19.7. The number of fused-ring (bicyclic) bond motifs is 6. The van der Waals surface area contributed by atoms with Crippen LogP contribution in [0.2, 0.25) is 0 Å². The summed E-state index contributed by atoms with van der Waals surface area (Å²) in [5, 5.41) is 7.80. The molecule has 1 unspecified atom stereocenters. The molecule has 4 aromatic rings. The molecule has 0 aliphatic carbocycles. The minimum Gasteiger partial charge on any atom is -0.379 e. The van der Waals surface area contributed by atoms with Crippen molar-refractivity contribution in [3.63, 3.8) is 0 Å². The molecular formula is C26H27BO. The lowest BCUT2D eigenvalue weighted by Crippen LogP contribution is -2.26. The Bertz CT molecular complexity index is 1160. The molecule has 0 fully saturated rings. The maximum Gasteiger partial charge on any atom is 0.154 e. The van der Waals surface area contributed by atoms with E-state index in [1.807, 2.05) is 0 Å². The van der Waals surface area contributed by atoms with Gasteiger partial charge in [-0.05, 0) is 57.3 Å². The average molecular weight is 366 g/mol. The van der Waals surface area contributed by atoms with E-state index in [-0.39, 0.29) is 0 Å². The number of benzene rings is 4. The van der Waals surface area contributed by atoms with Crippen molar-refractivity contribution in [3.8, 4) is 0 Å². The van der Waals surface area contributed by atoms with Crippen LogP contribution in [0.25, 0.3) is 32.3 Å². The summed E-state index contributed by atoms with van der Waals surface area (Å²) in [7, 11) is 3.97. The molecule has 0 radical (unpaired) electrons. The van der Waals surface area contributed by atoms with E-state index < -0.39 is 5.50 Å². The molecule has 28 heavy (non-hydrogen) atoms. The molecule has 140 valence electrons. The van der Waals surface area contributed by atoms with Crippen LogP contribution in [0, 0.1) is 0 Å². The molecule has 4 aromatic carbocycles. The van der Waals surface area contributed by atoms with E-state index in [0.29, 0.717) is 0 Å². The molecule has 0 amide bonds. The maximum atomic E-state index is 6.01. The number of methoxy groups -OCH3 is 1. The van der Waals surface area contributed by atoms with Crippen LogP contribution in [0.5, 0.6) is 0 Å². The predicted octanol–water partition coefficient (Wildman–Crippen LogP) is 6.32. The standard InChI is InChI=1S/C26H27BO/c1-4-9-18(2)17-26(27,28-3)19-14-15-24-22-12-6-5-10-20(22)21-11-7-8-13-23(21)25(24)16-19/h5-8,10-17H,4,9,27H2,1-3H3. The third kappa shape index (κ3) is 3.12. The lowest BCUT2D eigenvalue weighted by atomic mass is 9.73. The summed E-state index contributed by atoms with van der Waals surface area (Å²) in [6.45, 7) is 4.42. The van der Waals surface area contributed by atoms with Gasteiger partial charge in [0.2, 0.25) is 0 Å². The van der Waals surface area contributed by atoms with Crippen LogP contribution in [0.15, 0.2) is 78.4 Å². The summed E-state index contributed by atoms with van der Waals surface area (Å²) in [6.07, 6.45) is 4.53. The highest BCUT2D eigenvalue weighted by Gasteiger charge is 2.24. The molecule has 1 atom stereocenters. The van der Waals surface area contributed by atoms with E-state index in [2.05, 4.69) is 94.5 Å². The molecular weight excluding hydrogens is 339 g/mol. The molecule has 0 spiro atoms. The van der Waals surface area contributed by atoms with E-state index in [4.69, 9.17) is 4.74 Å². The minimum absolute atomic E-state index is 0.430. The smallest absolute Gasteiger partial charge is 0.154 e. The molecule has 0 aliphatic heterocycles. The predicted molar refractivity (Wildman–Crippen MR) is 125 cm³/mol. The first-order valence-corrected chi connectivity index (χ1v) is 10.1. The molecule has 0 bridgehead atoms. The molecule has 0 aliphatic rings. The molecule has 4 rings (SSSR count). The summed E-state index contributed by atoms with van der Waals surface area (Å²) < 4.78 is 6.01. The van der Waals surface area contributed by atoms with Gasteiger partial charge in [-0.3, -0.25) is 0 Å². The Morgan fingerprint density at radius 3 is 1.86 bits per heavy atom. The SMILES string of the molecule is BC(C=C(C)CCC)(OC)c1ccc2c3ccccc3c3ccccc3c2c1. The summed E-state index contributed by atoms with van der Waals surface area (Å²) in [5.41, 5.74) is 2.13. The highest BCUT2D eigenvalue weighted by molar-refractivity contribution is 6.25. The molecule has 1 nitrogen and oxygen atoms in total. The van der Waals surface area contributed by atoms with Gasteiger partial charge in [0.05, 0.1) is 5.50 Å². The summed E-state index contributed by atoms with van der Waals surface area (Å²) in [5.74, 6) is 0. The highest BCUT2D eigenvalue weighted by atomic mass is 16.5. The van der Waals surface area contributed by atoms with Crippen molar-refractivity contribution in [2.45, 2.75) is 32.2 Å². The summed E-state index contributed by atoms with van der Waals surface area (Å²) >= 11 is 0. The van der Waals surface area contributed by atoms with Gasteiger partial charge >= 0.3 is 0 Å². The number of allylic oxidation sites excluding steroid dienone is 1. The number of hydrogen-bond donors (Lipinski definition) is 0. The first-order chi connectivity index (χ1) is 13.6. The Hall–Kier alpha value is -2.58. The zero-order valence-electron chi connectivity index (χ0n) is 17.3. The van der Waals surface area contributed by atoms with E-state index in [1.54, 1.807) is 7.11 Å². The van der Waals surface area contributed by atoms with Gasteiger partial charge in [0.1, 0.15) is 0 Å². The second-order valence-electron chi connectivity index (χ2n) is 7.90. The lowest BCUT2D eigenvalue weighted by molar-refractivity contribution is 0.102. The van der Waals surface area contributed by atoms with Gasteiger partial charge < -0.3 is 4.74 Å². The minimum atomic E-state index is -0.430. The van der Waals surface area contributed by atoms with Crippen molar-refractivity contribution in [3.05, 3.63) is 83.9 Å². The first kappa shape index (κ1) is 18.8. The second kappa shape index (κ2) is 7.45. The van der Waals surface area contributed by atoms with Crippen LogP contribution in [0.1, 0.15) is 32.3 Å². The van der Waals surface area contributed by atoms with E-state index >= 15 is 0 Å². The Labute approximate surface area is 168 Å². The van der Waals surface area contributed by atoms with E-state index in [0.717, 1.165) is 12.8 Å². The number of hydrogen-bond acceptors (Lipinski definition) is 1. The van der Waals surface area contributed by atoms with Crippen LogP contribution >= 0.6 is 0 Å². The highest BCUT2D eigenvalue weighted by Crippen LogP contribution is 2.37. The summed E-state index contributed by atoms with van der Waals surface area (Å²) in [6, 6.07) is 24.2. The quantitative estimate of drug-likeness (QED) is 0.228. The van der Waals surface area contributed by atoms with Crippen molar-refractivity contribution in [2.75, 3.05) is 7.11 Å². The van der Waals surface area contributed by atoms with Gasteiger partial charge in [-0.1, -0.05) is 85.7 Å². The van der Waals surface area contributed by atoms with Crippen molar-refractivity contribution < 1.29 is 4.74 Å². The third-order valence-electron chi connectivity index (χ3n) is 5.91. The third-order valence-corrected chi connectivity index (χ3v) is 5.91. The maximum absolute atomic E-state index is 6.01. The normalized spacial score (nSPS) is 14.6. The van der Waals surface area contributed by atoms with Crippen LogP contribution in [0.3, 0.4) is 0 Å². The van der Waals surface area contributed by atoms with Gasteiger partial charge in [0, 0.05) is 7.11 Å². The lowest BCUT2D eigenvalue weighted by Gasteiger charge is -2.27. The molecule has 0 aromatic heterocycles. The number of rotatable bonds is 5. The molecule has 0 heterocycles. The van der Waals surface area contributed by atoms with Crippen molar-refractivity contribution >= 4 is 40.2 Å². The van der Waals surface area contributed by atoms with Crippen LogP contribution in [0.4, 0.5) is 0 Å². The first-order valence-electron chi connectivity index (χ1n) is 10.1. The van der Waals surface area contributed by atoms with E-state index in [1.165, 1.54) is 43.5 Å². The van der Waals surface area contributed by atoms with Gasteiger partial charge in [-0.2, -0.15) is 0 Å². The van der Waals surface area contributed by atoms with Crippen LogP contribution < -0.4 is 0 Å². The van der Waals surface area contributed by atoms with Gasteiger partial charge in [0.15, 0.2) is 7.85 Å². The number of ether oxygens (including phenoxy) is 1.